The maximum atomic E-state index is 13.4. The Morgan fingerprint density at radius 3 is 2.14 bits per heavy atom. The summed E-state index contributed by atoms with van der Waals surface area (Å²) in [6.07, 6.45) is 2.63. The van der Waals surface area contributed by atoms with Gasteiger partial charge in [-0.3, -0.25) is 0 Å². The van der Waals surface area contributed by atoms with Crippen molar-refractivity contribution in [2.24, 2.45) is 0 Å². The van der Waals surface area contributed by atoms with E-state index in [0.29, 0.717) is 19.1 Å². The molecule has 2 rings (SSSR count). The topological polar surface area (TPSA) is 17.1 Å². The van der Waals surface area contributed by atoms with Gasteiger partial charge in [0.05, 0.1) is 5.41 Å². The Balaban J connectivity index is 2.54. The summed E-state index contributed by atoms with van der Waals surface area (Å²) in [4.78, 5) is 10.9. The lowest BCUT2D eigenvalue weighted by Gasteiger charge is -2.37. The van der Waals surface area contributed by atoms with E-state index in [1.54, 1.807) is 0 Å². The van der Waals surface area contributed by atoms with Gasteiger partial charge < -0.3 is 4.79 Å². The predicted octanol–water partition coefficient (Wildman–Crippen LogP) is 2.59. The van der Waals surface area contributed by atoms with Gasteiger partial charge in [-0.05, 0) is 25.0 Å². The summed E-state index contributed by atoms with van der Waals surface area (Å²) in [6, 6.07) is 3.70. The van der Waals surface area contributed by atoms with E-state index < -0.39 is 17.0 Å². The molecule has 14 heavy (non-hydrogen) atoms. The van der Waals surface area contributed by atoms with Crippen LogP contribution in [0, 0.1) is 11.6 Å². The molecule has 0 saturated heterocycles. The van der Waals surface area contributed by atoms with E-state index >= 15 is 0 Å². The lowest BCUT2D eigenvalue weighted by Crippen LogP contribution is -2.37. The molecule has 1 fully saturated rings. The fourth-order valence-corrected chi connectivity index (χ4v) is 1.96. The van der Waals surface area contributed by atoms with Crippen molar-refractivity contribution in [3.8, 4) is 0 Å². The maximum absolute atomic E-state index is 13.4. The SMILES string of the molecule is O=CC1(c2c(F)cccc2F)CCC1. The fourth-order valence-electron chi connectivity index (χ4n) is 1.96. The van der Waals surface area contributed by atoms with E-state index in [1.165, 1.54) is 18.2 Å². The molecule has 1 aromatic rings. The van der Waals surface area contributed by atoms with Crippen LogP contribution >= 0.6 is 0 Å². The molecule has 1 aliphatic rings. The Morgan fingerprint density at radius 1 is 1.21 bits per heavy atom. The molecular weight excluding hydrogens is 186 g/mol. The van der Waals surface area contributed by atoms with Crippen molar-refractivity contribution in [1.82, 2.24) is 0 Å². The minimum absolute atomic E-state index is 0.0544. The van der Waals surface area contributed by atoms with Gasteiger partial charge in [-0.1, -0.05) is 12.5 Å². The molecule has 0 radical (unpaired) electrons. The molecule has 0 heterocycles. The van der Waals surface area contributed by atoms with Crippen LogP contribution in [0.2, 0.25) is 0 Å². The number of benzene rings is 1. The zero-order valence-electron chi connectivity index (χ0n) is 7.59. The monoisotopic (exact) mass is 196 g/mol. The van der Waals surface area contributed by atoms with Crippen LogP contribution in [0.4, 0.5) is 8.78 Å². The molecule has 0 N–H and O–H groups in total. The molecule has 0 unspecified atom stereocenters. The molecule has 0 aliphatic heterocycles. The lowest BCUT2D eigenvalue weighted by molar-refractivity contribution is -0.115. The number of rotatable bonds is 2. The molecule has 1 nitrogen and oxygen atoms in total. The van der Waals surface area contributed by atoms with Crippen LogP contribution in [0.5, 0.6) is 0 Å². The molecule has 0 bridgehead atoms. The number of halogens is 2. The van der Waals surface area contributed by atoms with Gasteiger partial charge in [0.15, 0.2) is 0 Å². The summed E-state index contributed by atoms with van der Waals surface area (Å²) in [5.41, 5.74) is -0.948. The summed E-state index contributed by atoms with van der Waals surface area (Å²) < 4.78 is 26.7. The van der Waals surface area contributed by atoms with E-state index in [2.05, 4.69) is 0 Å². The van der Waals surface area contributed by atoms with Gasteiger partial charge in [0.25, 0.3) is 0 Å². The zero-order valence-corrected chi connectivity index (χ0v) is 7.59. The third kappa shape index (κ3) is 1.15. The Morgan fingerprint density at radius 2 is 1.79 bits per heavy atom. The van der Waals surface area contributed by atoms with Gasteiger partial charge in [-0.15, -0.1) is 0 Å². The first-order valence-electron chi connectivity index (χ1n) is 4.60. The van der Waals surface area contributed by atoms with Crippen LogP contribution in [-0.4, -0.2) is 6.29 Å². The summed E-state index contributed by atoms with van der Waals surface area (Å²) >= 11 is 0. The molecule has 0 amide bonds. The highest BCUT2D eigenvalue weighted by Crippen LogP contribution is 2.43. The second-order valence-electron chi connectivity index (χ2n) is 3.72. The van der Waals surface area contributed by atoms with E-state index in [0.717, 1.165) is 6.42 Å². The van der Waals surface area contributed by atoms with Gasteiger partial charge in [-0.25, -0.2) is 8.78 Å². The molecule has 0 aromatic heterocycles. The largest absolute Gasteiger partial charge is 0.302 e. The van der Waals surface area contributed by atoms with Crippen molar-refractivity contribution in [3.63, 3.8) is 0 Å². The van der Waals surface area contributed by atoms with Gasteiger partial charge in [0, 0.05) is 5.56 Å². The Bertz CT molecular complexity index is 349. The summed E-state index contributed by atoms with van der Waals surface area (Å²) in [5, 5.41) is 0. The summed E-state index contributed by atoms with van der Waals surface area (Å²) in [6.45, 7) is 0. The Kier molecular flexibility index (Phi) is 2.10. The van der Waals surface area contributed by atoms with E-state index in [9.17, 15) is 13.6 Å². The number of carbonyl (C=O) groups excluding carboxylic acids is 1. The number of hydrogen-bond acceptors (Lipinski definition) is 1. The molecule has 1 aliphatic carbocycles. The van der Waals surface area contributed by atoms with Crippen molar-refractivity contribution in [1.29, 1.82) is 0 Å². The Hall–Kier alpha value is -1.25. The second kappa shape index (κ2) is 3.15. The molecule has 1 aromatic carbocycles. The first kappa shape index (κ1) is 9.31. The van der Waals surface area contributed by atoms with Crippen LogP contribution in [0.25, 0.3) is 0 Å². The highest BCUT2D eigenvalue weighted by Gasteiger charge is 2.42. The molecule has 3 heteroatoms. The van der Waals surface area contributed by atoms with Crippen molar-refractivity contribution in [2.45, 2.75) is 24.7 Å². The van der Waals surface area contributed by atoms with Crippen molar-refractivity contribution in [3.05, 3.63) is 35.4 Å². The standard InChI is InChI=1S/C11H10F2O/c12-8-3-1-4-9(13)10(8)11(7-14)5-2-6-11/h1,3-4,7H,2,5-6H2. The van der Waals surface area contributed by atoms with Crippen molar-refractivity contribution >= 4 is 6.29 Å². The van der Waals surface area contributed by atoms with Crippen LogP contribution in [0.15, 0.2) is 18.2 Å². The predicted molar refractivity (Wildman–Crippen MR) is 48.0 cm³/mol. The van der Waals surface area contributed by atoms with E-state index in [4.69, 9.17) is 0 Å². The first-order valence-corrected chi connectivity index (χ1v) is 4.60. The summed E-state index contributed by atoms with van der Waals surface area (Å²) in [7, 11) is 0. The summed E-state index contributed by atoms with van der Waals surface area (Å²) in [5.74, 6) is -1.23. The third-order valence-corrected chi connectivity index (χ3v) is 2.93. The van der Waals surface area contributed by atoms with Gasteiger partial charge in [0.2, 0.25) is 0 Å². The molecule has 1 saturated carbocycles. The highest BCUT2D eigenvalue weighted by molar-refractivity contribution is 5.70. The average molecular weight is 196 g/mol. The molecule has 0 spiro atoms. The minimum Gasteiger partial charge on any atom is -0.302 e. The van der Waals surface area contributed by atoms with E-state index in [1.807, 2.05) is 0 Å². The molecular formula is C11H10F2O. The van der Waals surface area contributed by atoms with Gasteiger partial charge in [0.1, 0.15) is 17.9 Å². The molecule has 0 atom stereocenters. The minimum atomic E-state index is -0.893. The van der Waals surface area contributed by atoms with Gasteiger partial charge >= 0.3 is 0 Å². The van der Waals surface area contributed by atoms with Crippen LogP contribution in [0.1, 0.15) is 24.8 Å². The van der Waals surface area contributed by atoms with Gasteiger partial charge in [-0.2, -0.15) is 0 Å². The normalized spacial score (nSPS) is 18.7. The van der Waals surface area contributed by atoms with E-state index in [-0.39, 0.29) is 5.56 Å². The number of hydrogen-bond donors (Lipinski definition) is 0. The fraction of sp³-hybridized carbons (Fsp3) is 0.364. The zero-order chi connectivity index (χ0) is 10.2. The second-order valence-corrected chi connectivity index (χ2v) is 3.72. The smallest absolute Gasteiger partial charge is 0.130 e. The van der Waals surface area contributed by atoms with Crippen molar-refractivity contribution in [2.75, 3.05) is 0 Å². The quantitative estimate of drug-likeness (QED) is 0.664. The number of aldehydes is 1. The van der Waals surface area contributed by atoms with Crippen molar-refractivity contribution < 1.29 is 13.6 Å². The molecule has 74 valence electrons. The van der Waals surface area contributed by atoms with Crippen LogP contribution in [0.3, 0.4) is 0 Å². The Labute approximate surface area is 80.7 Å². The first-order chi connectivity index (χ1) is 6.69. The average Bonchev–Trinajstić information content (AvgIpc) is 2.08. The highest BCUT2D eigenvalue weighted by atomic mass is 19.1. The van der Waals surface area contributed by atoms with Crippen LogP contribution < -0.4 is 0 Å². The third-order valence-electron chi connectivity index (χ3n) is 2.93. The van der Waals surface area contributed by atoms with Crippen LogP contribution in [-0.2, 0) is 10.2 Å². The maximum Gasteiger partial charge on any atom is 0.130 e. The lowest BCUT2D eigenvalue weighted by atomic mass is 9.65. The number of carbonyl (C=O) groups is 1.